The van der Waals surface area contributed by atoms with Crippen molar-refractivity contribution < 1.29 is 9.59 Å². The lowest BCUT2D eigenvalue weighted by molar-refractivity contribution is 0.0879. The summed E-state index contributed by atoms with van der Waals surface area (Å²) in [5.41, 5.74) is 16.1. The molecule has 2 heterocycles. The normalized spacial score (nSPS) is 12.3. The first-order chi connectivity index (χ1) is 11.1. The van der Waals surface area contributed by atoms with Crippen molar-refractivity contribution in [3.8, 4) is 0 Å². The summed E-state index contributed by atoms with van der Waals surface area (Å²) in [6.07, 6.45) is 0. The molecule has 0 bridgehead atoms. The Kier molecular flexibility index (Phi) is 5.78. The van der Waals surface area contributed by atoms with Gasteiger partial charge in [0.25, 0.3) is 11.8 Å². The van der Waals surface area contributed by atoms with Gasteiger partial charge < -0.3 is 17.2 Å². The number of carbonyl (C=O) groups excluding carboxylic acids is 2. The fraction of sp³-hybridized carbons (Fsp3) is 0. The van der Waals surface area contributed by atoms with Crippen LogP contribution in [0.4, 0.5) is 17.8 Å². The Bertz CT molecular complexity index is 779. The van der Waals surface area contributed by atoms with Crippen molar-refractivity contribution in [2.45, 2.75) is 0 Å². The van der Waals surface area contributed by atoms with E-state index < -0.39 is 11.8 Å². The zero-order valence-electron chi connectivity index (χ0n) is 11.4. The van der Waals surface area contributed by atoms with Crippen LogP contribution < -0.4 is 22.5 Å². The van der Waals surface area contributed by atoms with Gasteiger partial charge in [-0.25, -0.2) is 0 Å². The number of halogens is 4. The van der Waals surface area contributed by atoms with E-state index in [1.54, 1.807) is 0 Å². The second-order valence-corrected chi connectivity index (χ2v) is 7.37. The van der Waals surface area contributed by atoms with Crippen LogP contribution >= 0.6 is 63.7 Å². The second-order valence-electron chi connectivity index (χ2n) is 4.20. The van der Waals surface area contributed by atoms with Crippen LogP contribution in [0.1, 0.15) is 20.7 Å². The van der Waals surface area contributed by atoms with Crippen LogP contribution in [-0.4, -0.2) is 26.8 Å². The smallest absolute Gasteiger partial charge is 0.260 e. The van der Waals surface area contributed by atoms with E-state index in [0.29, 0.717) is 29.0 Å². The molecular weight excluding hydrogens is 582 g/mol. The number of benzene rings is 1. The van der Waals surface area contributed by atoms with Gasteiger partial charge in [0.05, 0.1) is 11.1 Å². The number of aromatic nitrogens is 3. The van der Waals surface area contributed by atoms with E-state index in [1.807, 2.05) is 0 Å². The van der Waals surface area contributed by atoms with E-state index in [0.717, 1.165) is 0 Å². The Morgan fingerprint density at radius 3 is 1.21 bits per heavy atom. The maximum Gasteiger partial charge on any atom is 0.260 e. The summed E-state index contributed by atoms with van der Waals surface area (Å²) in [5.74, 6) is -0.661. The van der Waals surface area contributed by atoms with Gasteiger partial charge in [-0.3, -0.25) is 14.9 Å². The summed E-state index contributed by atoms with van der Waals surface area (Å²) in [7, 11) is 0. The minimum atomic E-state index is -0.393. The van der Waals surface area contributed by atoms with Crippen molar-refractivity contribution >= 4 is 93.4 Å². The van der Waals surface area contributed by atoms with E-state index >= 15 is 0 Å². The van der Waals surface area contributed by atoms with E-state index in [-0.39, 0.29) is 17.8 Å². The lowest BCUT2D eigenvalue weighted by Gasteiger charge is -2.07. The predicted octanol–water partition coefficient (Wildman–Crippen LogP) is 2.24. The van der Waals surface area contributed by atoms with Crippen molar-refractivity contribution in [3.63, 3.8) is 0 Å². The average molecular weight is 589 g/mol. The molecule has 0 saturated heterocycles. The summed E-state index contributed by atoms with van der Waals surface area (Å²) < 4.78 is 2.52. The van der Waals surface area contributed by atoms with Crippen LogP contribution in [0.25, 0.3) is 0 Å². The number of hydrogen-bond acceptors (Lipinski definition) is 8. The minimum Gasteiger partial charge on any atom is -0.368 e. The van der Waals surface area contributed by atoms with Gasteiger partial charge in [0.15, 0.2) is 0 Å². The molecule has 2 aromatic rings. The Hall–Kier alpha value is -1.31. The van der Waals surface area contributed by atoms with Crippen LogP contribution in [-0.2, 0) is 0 Å². The summed E-state index contributed by atoms with van der Waals surface area (Å²) in [6, 6.07) is 0. The lowest BCUT2D eigenvalue weighted by Crippen LogP contribution is -2.20. The topological polar surface area (TPSA) is 163 Å². The molecule has 1 aliphatic heterocycles. The predicted molar refractivity (Wildman–Crippen MR) is 102 cm³/mol. The van der Waals surface area contributed by atoms with Crippen molar-refractivity contribution in [1.82, 2.24) is 20.3 Å². The molecule has 0 radical (unpaired) electrons. The summed E-state index contributed by atoms with van der Waals surface area (Å²) in [6.45, 7) is 0. The first-order valence-electron chi connectivity index (χ1n) is 5.87. The van der Waals surface area contributed by atoms with Crippen molar-refractivity contribution in [3.05, 3.63) is 29.0 Å². The number of nitrogens with two attached hydrogens (primary N) is 3. The number of carbonyl (C=O) groups is 2. The molecule has 24 heavy (non-hydrogen) atoms. The highest BCUT2D eigenvalue weighted by Gasteiger charge is 2.34. The van der Waals surface area contributed by atoms with Gasteiger partial charge in [0.2, 0.25) is 17.8 Å². The Morgan fingerprint density at radius 1 is 0.625 bits per heavy atom. The highest BCUT2D eigenvalue weighted by molar-refractivity contribution is 9.15. The molecule has 13 heteroatoms. The first kappa shape index (κ1) is 19.0. The number of anilines is 3. The lowest BCUT2D eigenvalue weighted by atomic mass is 10.1. The van der Waals surface area contributed by atoms with E-state index in [1.165, 1.54) is 0 Å². The van der Waals surface area contributed by atoms with Crippen LogP contribution in [0.5, 0.6) is 0 Å². The number of fused-ring (bicyclic) bond motifs is 1. The van der Waals surface area contributed by atoms with Gasteiger partial charge in [-0.15, -0.1) is 0 Å². The Balaban J connectivity index is 0.000000198. The highest BCUT2D eigenvalue weighted by atomic mass is 79.9. The molecule has 0 spiro atoms. The van der Waals surface area contributed by atoms with Gasteiger partial charge in [0.1, 0.15) is 0 Å². The summed E-state index contributed by atoms with van der Waals surface area (Å²) in [5, 5.41) is 2.24. The van der Waals surface area contributed by atoms with E-state index in [4.69, 9.17) is 17.2 Å². The van der Waals surface area contributed by atoms with Crippen LogP contribution in [0.15, 0.2) is 17.9 Å². The summed E-state index contributed by atoms with van der Waals surface area (Å²) in [4.78, 5) is 33.5. The van der Waals surface area contributed by atoms with Gasteiger partial charge in [-0.1, -0.05) is 0 Å². The average Bonchev–Trinajstić information content (AvgIpc) is 2.76. The Labute approximate surface area is 168 Å². The molecule has 7 N–H and O–H groups in total. The summed E-state index contributed by atoms with van der Waals surface area (Å²) >= 11 is 13.2. The van der Waals surface area contributed by atoms with E-state index in [9.17, 15) is 9.59 Å². The number of amides is 2. The molecule has 0 aliphatic carbocycles. The minimum absolute atomic E-state index is 0.0417. The molecule has 0 unspecified atom stereocenters. The molecule has 126 valence electrons. The molecule has 0 saturated carbocycles. The fourth-order valence-corrected chi connectivity index (χ4v) is 4.19. The molecule has 0 fully saturated rings. The standard InChI is InChI=1S/C8HBr4NO2.C3H6N6/c9-3-1-2(8(15)13-7(1)14)4(10)6(12)5(3)11;4-1-7-2(5)9-3(6)8-1/h(H,13,14,15);(H6,4,5,6,7,8,9). The van der Waals surface area contributed by atoms with E-state index in [2.05, 4.69) is 84.0 Å². The maximum absolute atomic E-state index is 11.5. The number of imide groups is 1. The maximum atomic E-state index is 11.5. The van der Waals surface area contributed by atoms with Crippen molar-refractivity contribution in [1.29, 1.82) is 0 Å². The van der Waals surface area contributed by atoms with Crippen LogP contribution in [0.2, 0.25) is 0 Å². The largest absolute Gasteiger partial charge is 0.368 e. The molecular formula is C11H7Br4N7O2. The molecule has 1 aliphatic rings. The van der Waals surface area contributed by atoms with Gasteiger partial charge >= 0.3 is 0 Å². The number of hydrogen-bond donors (Lipinski definition) is 4. The first-order valence-corrected chi connectivity index (χ1v) is 9.04. The Morgan fingerprint density at radius 2 is 0.917 bits per heavy atom. The number of nitrogen functional groups attached to an aromatic ring is 3. The number of rotatable bonds is 0. The quantitative estimate of drug-likeness (QED) is 0.207. The molecule has 3 rings (SSSR count). The van der Waals surface area contributed by atoms with Crippen LogP contribution in [0, 0.1) is 0 Å². The zero-order chi connectivity index (χ0) is 18.2. The third kappa shape index (κ3) is 3.68. The third-order valence-electron chi connectivity index (χ3n) is 2.64. The molecule has 0 atom stereocenters. The highest BCUT2D eigenvalue weighted by Crippen LogP contribution is 2.43. The zero-order valence-corrected chi connectivity index (χ0v) is 17.7. The molecule has 9 nitrogen and oxygen atoms in total. The molecule has 1 aromatic heterocycles. The number of nitrogens with zero attached hydrogens (tertiary/aromatic N) is 3. The number of nitrogens with one attached hydrogen (secondary N) is 1. The fourth-order valence-electron chi connectivity index (χ4n) is 1.71. The molecule has 2 amide bonds. The van der Waals surface area contributed by atoms with Crippen molar-refractivity contribution in [2.75, 3.05) is 17.2 Å². The van der Waals surface area contributed by atoms with Gasteiger partial charge in [0, 0.05) is 17.9 Å². The van der Waals surface area contributed by atoms with Gasteiger partial charge in [-0.05, 0) is 63.7 Å². The monoisotopic (exact) mass is 585 g/mol. The van der Waals surface area contributed by atoms with Crippen LogP contribution in [0.3, 0.4) is 0 Å². The third-order valence-corrected chi connectivity index (χ3v) is 7.40. The van der Waals surface area contributed by atoms with Gasteiger partial charge in [-0.2, -0.15) is 15.0 Å². The second kappa shape index (κ2) is 7.29. The van der Waals surface area contributed by atoms with Crippen molar-refractivity contribution in [2.24, 2.45) is 0 Å². The molecule has 1 aromatic carbocycles. The SMILES string of the molecule is Nc1nc(N)nc(N)n1.O=C1NC(=O)c2c(Br)c(Br)c(Br)c(Br)c21.